The van der Waals surface area contributed by atoms with E-state index in [1.165, 1.54) is 18.4 Å². The van der Waals surface area contributed by atoms with Crippen LogP contribution in [0.4, 0.5) is 0 Å². The molecule has 0 bridgehead atoms. The molecule has 0 saturated carbocycles. The van der Waals surface area contributed by atoms with E-state index in [0.717, 1.165) is 37.4 Å². The van der Waals surface area contributed by atoms with Crippen LogP contribution in [0.25, 0.3) is 11.3 Å². The number of nitrogens with zero attached hydrogens (tertiary/aromatic N) is 6. The van der Waals surface area contributed by atoms with Gasteiger partial charge in [0.15, 0.2) is 0 Å². The molecule has 0 amide bonds. The molecular weight excluding hydrogens is 312 g/mol. The molecule has 6 heteroatoms. The first-order valence-corrected chi connectivity index (χ1v) is 8.92. The normalized spacial score (nSPS) is 16.4. The molecule has 0 N–H and O–H groups in total. The van der Waals surface area contributed by atoms with Crippen LogP contribution >= 0.6 is 0 Å². The van der Waals surface area contributed by atoms with Crippen LogP contribution in [0.15, 0.2) is 48.9 Å². The van der Waals surface area contributed by atoms with E-state index in [-0.39, 0.29) is 0 Å². The third kappa shape index (κ3) is 3.96. The van der Waals surface area contributed by atoms with Gasteiger partial charge in [0, 0.05) is 37.5 Å². The predicted molar refractivity (Wildman–Crippen MR) is 96.7 cm³/mol. The van der Waals surface area contributed by atoms with E-state index < -0.39 is 0 Å². The van der Waals surface area contributed by atoms with Crippen molar-refractivity contribution < 1.29 is 0 Å². The monoisotopic (exact) mass is 336 g/mol. The standard InChI is InChI=1S/C19H24N6/c1-23-12-17(11-20-23)13-24-9-7-16(8-10-24)14-25-15-19(21-22-25)18-5-3-2-4-6-18/h2-6,11-12,15-16H,7-10,13-14H2,1H3. The molecule has 3 heterocycles. The zero-order chi connectivity index (χ0) is 17.1. The third-order valence-electron chi connectivity index (χ3n) is 4.93. The quantitative estimate of drug-likeness (QED) is 0.719. The van der Waals surface area contributed by atoms with Crippen LogP contribution in [-0.4, -0.2) is 42.8 Å². The Labute approximate surface area is 148 Å². The first-order chi connectivity index (χ1) is 12.3. The Bertz CT molecular complexity index is 798. The van der Waals surface area contributed by atoms with Gasteiger partial charge >= 0.3 is 0 Å². The fraction of sp³-hybridized carbons (Fsp3) is 0.421. The summed E-state index contributed by atoms with van der Waals surface area (Å²) in [6, 6.07) is 10.2. The van der Waals surface area contributed by atoms with Crippen molar-refractivity contribution in [1.29, 1.82) is 0 Å². The van der Waals surface area contributed by atoms with Gasteiger partial charge in [0.1, 0.15) is 5.69 Å². The summed E-state index contributed by atoms with van der Waals surface area (Å²) in [4.78, 5) is 2.52. The van der Waals surface area contributed by atoms with Crippen LogP contribution in [0, 0.1) is 5.92 Å². The van der Waals surface area contributed by atoms with Crippen LogP contribution in [0.3, 0.4) is 0 Å². The van der Waals surface area contributed by atoms with E-state index in [1.807, 2.05) is 40.8 Å². The highest BCUT2D eigenvalue weighted by Crippen LogP contribution is 2.21. The molecular formula is C19H24N6. The van der Waals surface area contributed by atoms with Gasteiger partial charge < -0.3 is 0 Å². The third-order valence-corrected chi connectivity index (χ3v) is 4.93. The zero-order valence-corrected chi connectivity index (χ0v) is 14.6. The first kappa shape index (κ1) is 16.0. The summed E-state index contributed by atoms with van der Waals surface area (Å²) in [7, 11) is 1.97. The van der Waals surface area contributed by atoms with Gasteiger partial charge in [-0.1, -0.05) is 35.5 Å². The molecule has 0 unspecified atom stereocenters. The van der Waals surface area contributed by atoms with Gasteiger partial charge in [-0.05, 0) is 31.8 Å². The average Bonchev–Trinajstić information content (AvgIpc) is 3.27. The Kier molecular flexibility index (Phi) is 4.61. The van der Waals surface area contributed by atoms with Gasteiger partial charge in [-0.3, -0.25) is 14.3 Å². The van der Waals surface area contributed by atoms with Gasteiger partial charge in [-0.15, -0.1) is 5.10 Å². The highest BCUT2D eigenvalue weighted by atomic mass is 15.4. The van der Waals surface area contributed by atoms with E-state index in [1.54, 1.807) is 0 Å². The Morgan fingerprint density at radius 1 is 1.08 bits per heavy atom. The van der Waals surface area contributed by atoms with Crippen molar-refractivity contribution >= 4 is 0 Å². The molecule has 0 spiro atoms. The van der Waals surface area contributed by atoms with Crippen molar-refractivity contribution in [3.05, 3.63) is 54.5 Å². The number of aromatic nitrogens is 5. The topological polar surface area (TPSA) is 51.8 Å². The Balaban J connectivity index is 1.29. The second-order valence-electron chi connectivity index (χ2n) is 6.93. The highest BCUT2D eigenvalue weighted by Gasteiger charge is 2.20. The summed E-state index contributed by atoms with van der Waals surface area (Å²) in [5.74, 6) is 0.676. The maximum absolute atomic E-state index is 4.32. The first-order valence-electron chi connectivity index (χ1n) is 8.92. The SMILES string of the molecule is Cn1cc(CN2CCC(Cn3cc(-c4ccccc4)nn3)CC2)cn1. The molecule has 1 aliphatic heterocycles. The molecule has 1 aromatic carbocycles. The van der Waals surface area contributed by atoms with Gasteiger partial charge in [-0.25, -0.2) is 0 Å². The lowest BCUT2D eigenvalue weighted by atomic mass is 9.96. The second-order valence-corrected chi connectivity index (χ2v) is 6.93. The van der Waals surface area contributed by atoms with Crippen LogP contribution in [0.1, 0.15) is 18.4 Å². The van der Waals surface area contributed by atoms with Crippen molar-refractivity contribution in [3.8, 4) is 11.3 Å². The second kappa shape index (κ2) is 7.19. The number of hydrogen-bond acceptors (Lipinski definition) is 4. The van der Waals surface area contributed by atoms with E-state index in [4.69, 9.17) is 0 Å². The van der Waals surface area contributed by atoms with Gasteiger partial charge in [0.25, 0.3) is 0 Å². The van der Waals surface area contributed by atoms with Crippen molar-refractivity contribution in [2.24, 2.45) is 13.0 Å². The van der Waals surface area contributed by atoms with Crippen LogP contribution in [0.2, 0.25) is 0 Å². The molecule has 25 heavy (non-hydrogen) atoms. The molecule has 130 valence electrons. The predicted octanol–water partition coefficient (Wildman–Crippen LogP) is 2.59. The molecule has 0 aliphatic carbocycles. The maximum Gasteiger partial charge on any atom is 0.113 e. The zero-order valence-electron chi connectivity index (χ0n) is 14.6. The van der Waals surface area contributed by atoms with Crippen molar-refractivity contribution in [2.45, 2.75) is 25.9 Å². The fourth-order valence-corrected chi connectivity index (χ4v) is 3.53. The minimum atomic E-state index is 0.676. The highest BCUT2D eigenvalue weighted by molar-refractivity contribution is 5.57. The van der Waals surface area contributed by atoms with Gasteiger partial charge in [0.2, 0.25) is 0 Å². The van der Waals surface area contributed by atoms with E-state index >= 15 is 0 Å². The molecule has 0 radical (unpaired) electrons. The number of rotatable bonds is 5. The fourth-order valence-electron chi connectivity index (χ4n) is 3.53. The van der Waals surface area contributed by atoms with E-state index in [0.29, 0.717) is 5.92 Å². The molecule has 6 nitrogen and oxygen atoms in total. The summed E-state index contributed by atoms with van der Waals surface area (Å²) < 4.78 is 3.88. The lowest BCUT2D eigenvalue weighted by Gasteiger charge is -2.31. The largest absolute Gasteiger partial charge is 0.299 e. The lowest BCUT2D eigenvalue weighted by Crippen LogP contribution is -2.34. The van der Waals surface area contributed by atoms with Crippen LogP contribution in [-0.2, 0) is 20.1 Å². The van der Waals surface area contributed by atoms with Crippen LogP contribution < -0.4 is 0 Å². The molecule has 3 aromatic rings. The summed E-state index contributed by atoms with van der Waals surface area (Å²) in [5, 5.41) is 12.9. The average molecular weight is 336 g/mol. The molecule has 0 atom stereocenters. The van der Waals surface area contributed by atoms with Gasteiger partial charge in [-0.2, -0.15) is 5.10 Å². The summed E-state index contributed by atoms with van der Waals surface area (Å²) in [5.41, 5.74) is 3.37. The maximum atomic E-state index is 4.32. The minimum Gasteiger partial charge on any atom is -0.299 e. The summed E-state index contributed by atoms with van der Waals surface area (Å²) >= 11 is 0. The molecule has 1 aliphatic rings. The lowest BCUT2D eigenvalue weighted by molar-refractivity contribution is 0.164. The Morgan fingerprint density at radius 2 is 1.88 bits per heavy atom. The Hall–Kier alpha value is -2.47. The summed E-state index contributed by atoms with van der Waals surface area (Å²) in [6.45, 7) is 4.24. The summed E-state index contributed by atoms with van der Waals surface area (Å²) in [6.07, 6.45) is 8.55. The minimum absolute atomic E-state index is 0.676. The van der Waals surface area contributed by atoms with Crippen LogP contribution in [0.5, 0.6) is 0 Å². The smallest absolute Gasteiger partial charge is 0.113 e. The molecule has 1 fully saturated rings. The van der Waals surface area contributed by atoms with Gasteiger partial charge in [0.05, 0.1) is 12.4 Å². The van der Waals surface area contributed by atoms with Crippen molar-refractivity contribution in [2.75, 3.05) is 13.1 Å². The van der Waals surface area contributed by atoms with Crippen molar-refractivity contribution in [1.82, 2.24) is 29.7 Å². The number of likely N-dealkylation sites (tertiary alicyclic amines) is 1. The molecule has 2 aromatic heterocycles. The number of benzene rings is 1. The molecule has 4 rings (SSSR count). The Morgan fingerprint density at radius 3 is 2.60 bits per heavy atom. The van der Waals surface area contributed by atoms with Crippen molar-refractivity contribution in [3.63, 3.8) is 0 Å². The molecule has 1 saturated heterocycles. The van der Waals surface area contributed by atoms with E-state index in [9.17, 15) is 0 Å². The van der Waals surface area contributed by atoms with E-state index in [2.05, 4.69) is 44.8 Å². The number of piperidine rings is 1. The number of aryl methyl sites for hydroxylation is 1. The number of hydrogen-bond donors (Lipinski definition) is 0.